The third-order valence-corrected chi connectivity index (χ3v) is 5.27. The molecule has 1 heterocycles. The molecule has 1 atom stereocenters. The van der Waals surface area contributed by atoms with E-state index in [-0.39, 0.29) is 35.5 Å². The van der Waals surface area contributed by atoms with Gasteiger partial charge in [0.05, 0.1) is 12.1 Å². The second kappa shape index (κ2) is 8.92. The van der Waals surface area contributed by atoms with Crippen molar-refractivity contribution in [1.82, 2.24) is 25.7 Å². The smallest absolute Gasteiger partial charge is 0.273 e. The standard InChI is InChI=1S/C24H35N5O3/c1-23(2,3)20(22(32)25-15-11-12-15)26-21(31)19-16-9-7-8-10-17(16)29(28-19)14-13-18(30)27-24(4,5)6/h7-10,15,20H,11-14H2,1-6H3,(H,25,32)(H,26,31)(H,27,30). The highest BCUT2D eigenvalue weighted by atomic mass is 16.2. The van der Waals surface area contributed by atoms with Crippen LogP contribution >= 0.6 is 0 Å². The zero-order chi connectivity index (χ0) is 23.7. The van der Waals surface area contributed by atoms with E-state index < -0.39 is 17.4 Å². The highest BCUT2D eigenvalue weighted by Gasteiger charge is 2.36. The van der Waals surface area contributed by atoms with E-state index in [1.165, 1.54) is 0 Å². The lowest BCUT2D eigenvalue weighted by Crippen LogP contribution is -2.54. The summed E-state index contributed by atoms with van der Waals surface area (Å²) in [5, 5.41) is 14.0. The molecule has 1 unspecified atom stereocenters. The lowest BCUT2D eigenvalue weighted by Gasteiger charge is -2.30. The van der Waals surface area contributed by atoms with Crippen molar-refractivity contribution >= 4 is 28.6 Å². The van der Waals surface area contributed by atoms with Crippen molar-refractivity contribution in [3.63, 3.8) is 0 Å². The SMILES string of the molecule is CC(C)(C)NC(=O)CCn1nc(C(=O)NC(C(=O)NC2CC2)C(C)(C)C)c2ccccc21. The van der Waals surface area contributed by atoms with Crippen LogP contribution in [0, 0.1) is 5.41 Å². The van der Waals surface area contributed by atoms with Gasteiger partial charge in [0.1, 0.15) is 6.04 Å². The minimum Gasteiger partial charge on any atom is -0.352 e. The first-order chi connectivity index (χ1) is 14.8. The quantitative estimate of drug-likeness (QED) is 0.614. The summed E-state index contributed by atoms with van der Waals surface area (Å²) in [6, 6.07) is 6.96. The first-order valence-corrected chi connectivity index (χ1v) is 11.2. The van der Waals surface area contributed by atoms with Crippen molar-refractivity contribution in [2.45, 2.75) is 85.0 Å². The Labute approximate surface area is 189 Å². The van der Waals surface area contributed by atoms with Crippen molar-refractivity contribution < 1.29 is 14.4 Å². The Morgan fingerprint density at radius 1 is 1.09 bits per heavy atom. The van der Waals surface area contributed by atoms with Gasteiger partial charge in [-0.25, -0.2) is 0 Å². The maximum absolute atomic E-state index is 13.2. The average molecular weight is 442 g/mol. The number of para-hydroxylation sites is 1. The van der Waals surface area contributed by atoms with E-state index in [0.29, 0.717) is 11.9 Å². The van der Waals surface area contributed by atoms with E-state index in [1.807, 2.05) is 65.8 Å². The fourth-order valence-corrected chi connectivity index (χ4v) is 3.54. The predicted molar refractivity (Wildman–Crippen MR) is 124 cm³/mol. The highest BCUT2D eigenvalue weighted by Crippen LogP contribution is 2.25. The minimum absolute atomic E-state index is 0.0763. The molecule has 8 heteroatoms. The summed E-state index contributed by atoms with van der Waals surface area (Å²) in [5.41, 5.74) is 0.260. The van der Waals surface area contributed by atoms with Gasteiger partial charge in [-0.2, -0.15) is 5.10 Å². The third-order valence-electron chi connectivity index (χ3n) is 5.27. The highest BCUT2D eigenvalue weighted by molar-refractivity contribution is 6.06. The van der Waals surface area contributed by atoms with Gasteiger partial charge in [-0.05, 0) is 45.1 Å². The van der Waals surface area contributed by atoms with Gasteiger partial charge in [0.25, 0.3) is 5.91 Å². The van der Waals surface area contributed by atoms with E-state index in [0.717, 1.165) is 18.4 Å². The maximum Gasteiger partial charge on any atom is 0.273 e. The Hall–Kier alpha value is -2.90. The summed E-state index contributed by atoms with van der Waals surface area (Å²) in [4.78, 5) is 38.2. The van der Waals surface area contributed by atoms with Crippen LogP contribution in [0.5, 0.6) is 0 Å². The van der Waals surface area contributed by atoms with E-state index in [1.54, 1.807) is 4.68 Å². The molecule has 1 aromatic heterocycles. The van der Waals surface area contributed by atoms with E-state index in [9.17, 15) is 14.4 Å². The summed E-state index contributed by atoms with van der Waals surface area (Å²) in [7, 11) is 0. The number of fused-ring (bicyclic) bond motifs is 1. The van der Waals surface area contributed by atoms with E-state index in [2.05, 4.69) is 21.0 Å². The summed E-state index contributed by atoms with van der Waals surface area (Å²) in [6.07, 6.45) is 2.21. The molecule has 0 aliphatic heterocycles. The molecule has 0 spiro atoms. The fraction of sp³-hybridized carbons (Fsp3) is 0.583. The maximum atomic E-state index is 13.2. The van der Waals surface area contributed by atoms with Crippen LogP contribution in [0.25, 0.3) is 10.9 Å². The second-order valence-electron chi connectivity index (χ2n) is 10.7. The average Bonchev–Trinajstić information content (AvgIpc) is 3.40. The zero-order valence-corrected chi connectivity index (χ0v) is 19.9. The number of rotatable bonds is 7. The Morgan fingerprint density at radius 3 is 2.34 bits per heavy atom. The third kappa shape index (κ3) is 6.08. The van der Waals surface area contributed by atoms with Gasteiger partial charge >= 0.3 is 0 Å². The molecule has 3 N–H and O–H groups in total. The molecule has 1 aliphatic rings. The largest absolute Gasteiger partial charge is 0.352 e. The van der Waals surface area contributed by atoms with Crippen molar-refractivity contribution in [3.8, 4) is 0 Å². The number of aromatic nitrogens is 2. The first kappa shape index (κ1) is 23.8. The molecule has 1 aromatic carbocycles. The lowest BCUT2D eigenvalue weighted by atomic mass is 9.86. The van der Waals surface area contributed by atoms with Gasteiger partial charge in [0.15, 0.2) is 5.69 Å². The van der Waals surface area contributed by atoms with Crippen LogP contribution in [0.4, 0.5) is 0 Å². The Balaban J connectivity index is 1.80. The molecule has 0 bridgehead atoms. The molecule has 1 aliphatic carbocycles. The summed E-state index contributed by atoms with van der Waals surface area (Å²) >= 11 is 0. The van der Waals surface area contributed by atoms with Gasteiger partial charge in [0.2, 0.25) is 11.8 Å². The minimum atomic E-state index is -0.683. The topological polar surface area (TPSA) is 105 Å². The van der Waals surface area contributed by atoms with Gasteiger partial charge in [0, 0.05) is 23.4 Å². The Morgan fingerprint density at radius 2 is 1.75 bits per heavy atom. The van der Waals surface area contributed by atoms with E-state index >= 15 is 0 Å². The normalized spacial score (nSPS) is 15.3. The number of aryl methyl sites for hydroxylation is 1. The fourth-order valence-electron chi connectivity index (χ4n) is 3.54. The predicted octanol–water partition coefficient (Wildman–Crippen LogP) is 2.76. The molecule has 0 radical (unpaired) electrons. The zero-order valence-electron chi connectivity index (χ0n) is 19.9. The molecule has 1 fully saturated rings. The van der Waals surface area contributed by atoms with Gasteiger partial charge in [-0.3, -0.25) is 19.1 Å². The molecular weight excluding hydrogens is 406 g/mol. The van der Waals surface area contributed by atoms with Gasteiger partial charge in [-0.15, -0.1) is 0 Å². The van der Waals surface area contributed by atoms with Gasteiger partial charge in [-0.1, -0.05) is 39.0 Å². The number of benzene rings is 1. The van der Waals surface area contributed by atoms with E-state index in [4.69, 9.17) is 0 Å². The van der Waals surface area contributed by atoms with Crippen molar-refractivity contribution in [2.75, 3.05) is 0 Å². The van der Waals surface area contributed by atoms with Crippen LogP contribution in [0.3, 0.4) is 0 Å². The molecule has 3 amide bonds. The monoisotopic (exact) mass is 441 g/mol. The lowest BCUT2D eigenvalue weighted by molar-refractivity contribution is -0.125. The van der Waals surface area contributed by atoms with Crippen LogP contribution in [0.2, 0.25) is 0 Å². The van der Waals surface area contributed by atoms with Crippen LogP contribution in [-0.2, 0) is 16.1 Å². The molecule has 1 saturated carbocycles. The molecule has 0 saturated heterocycles. The first-order valence-electron chi connectivity index (χ1n) is 11.2. The number of amides is 3. The van der Waals surface area contributed by atoms with Gasteiger partial charge < -0.3 is 16.0 Å². The number of nitrogens with zero attached hydrogens (tertiary/aromatic N) is 2. The summed E-state index contributed by atoms with van der Waals surface area (Å²) in [6.45, 7) is 11.9. The Kier molecular flexibility index (Phi) is 6.62. The molecule has 8 nitrogen and oxygen atoms in total. The molecule has 3 rings (SSSR count). The van der Waals surface area contributed by atoms with Crippen LogP contribution in [0.1, 0.15) is 71.3 Å². The molecule has 174 valence electrons. The molecule has 32 heavy (non-hydrogen) atoms. The molecular formula is C24H35N5O3. The van der Waals surface area contributed by atoms with Crippen molar-refractivity contribution in [2.24, 2.45) is 5.41 Å². The number of carbonyl (C=O) groups is 3. The number of nitrogens with one attached hydrogen (secondary N) is 3. The number of carbonyl (C=O) groups excluding carboxylic acids is 3. The number of hydrogen-bond acceptors (Lipinski definition) is 4. The summed E-state index contributed by atoms with van der Waals surface area (Å²) < 4.78 is 1.68. The molecule has 2 aromatic rings. The number of hydrogen-bond donors (Lipinski definition) is 3. The van der Waals surface area contributed by atoms with Crippen LogP contribution in [-0.4, -0.2) is 45.1 Å². The van der Waals surface area contributed by atoms with Crippen molar-refractivity contribution in [3.05, 3.63) is 30.0 Å². The second-order valence-corrected chi connectivity index (χ2v) is 10.7. The van der Waals surface area contributed by atoms with Crippen LogP contribution < -0.4 is 16.0 Å². The Bertz CT molecular complexity index is 1010. The van der Waals surface area contributed by atoms with Crippen molar-refractivity contribution in [1.29, 1.82) is 0 Å². The van der Waals surface area contributed by atoms with Crippen LogP contribution in [0.15, 0.2) is 24.3 Å². The summed E-state index contributed by atoms with van der Waals surface area (Å²) in [5.74, 6) is -0.645.